The fourth-order valence-electron chi connectivity index (χ4n) is 1.38. The molecule has 0 saturated carbocycles. The molecule has 0 aliphatic heterocycles. The summed E-state index contributed by atoms with van der Waals surface area (Å²) in [5, 5.41) is 2.95. The van der Waals surface area contributed by atoms with Crippen molar-refractivity contribution < 1.29 is 22.3 Å². The number of hydrogen-bond acceptors (Lipinski definition) is 2. The third-order valence-corrected chi connectivity index (χ3v) is 2.31. The van der Waals surface area contributed by atoms with Gasteiger partial charge in [-0.3, -0.25) is 0 Å². The lowest BCUT2D eigenvalue weighted by Gasteiger charge is -2.10. The number of benzene rings is 1. The average Bonchev–Trinajstić information content (AvgIpc) is 2.27. The van der Waals surface area contributed by atoms with Crippen LogP contribution in [0.3, 0.4) is 0 Å². The number of hydrogen-bond donors (Lipinski definition) is 1. The van der Waals surface area contributed by atoms with Gasteiger partial charge < -0.3 is 10.1 Å². The monoisotopic (exact) mass is 265 g/mol. The van der Waals surface area contributed by atoms with Crippen molar-refractivity contribution in [3.8, 4) is 0 Å². The maximum atomic E-state index is 13.2. The van der Waals surface area contributed by atoms with E-state index in [2.05, 4.69) is 10.1 Å². The summed E-state index contributed by atoms with van der Waals surface area (Å²) >= 11 is 0. The van der Waals surface area contributed by atoms with Crippen LogP contribution in [0.1, 0.15) is 12.0 Å². The Morgan fingerprint density at radius 2 is 2.00 bits per heavy atom. The molecule has 0 fully saturated rings. The largest absolute Gasteiger partial charge is 0.411 e. The van der Waals surface area contributed by atoms with Gasteiger partial charge in [0.15, 0.2) is 0 Å². The third-order valence-electron chi connectivity index (χ3n) is 2.31. The van der Waals surface area contributed by atoms with Crippen molar-refractivity contribution in [2.75, 3.05) is 25.1 Å². The molecule has 0 bridgehead atoms. The highest BCUT2D eigenvalue weighted by molar-refractivity contribution is 5.50. The molecule has 1 aromatic rings. The quantitative estimate of drug-likeness (QED) is 0.627. The fraction of sp³-hybridized carbons (Fsp3) is 0.500. The van der Waals surface area contributed by atoms with Gasteiger partial charge in [0, 0.05) is 24.4 Å². The molecule has 1 N–H and O–H groups in total. The molecule has 18 heavy (non-hydrogen) atoms. The maximum absolute atomic E-state index is 13.2. The van der Waals surface area contributed by atoms with Gasteiger partial charge in [0.1, 0.15) is 12.4 Å². The Bertz CT molecular complexity index is 379. The van der Waals surface area contributed by atoms with Crippen LogP contribution in [0.4, 0.5) is 23.2 Å². The molecule has 1 rings (SSSR count). The average molecular weight is 265 g/mol. The van der Waals surface area contributed by atoms with Gasteiger partial charge in [-0.15, -0.1) is 0 Å². The van der Waals surface area contributed by atoms with Crippen molar-refractivity contribution in [2.45, 2.75) is 19.5 Å². The van der Waals surface area contributed by atoms with Crippen molar-refractivity contribution in [3.63, 3.8) is 0 Å². The fourth-order valence-corrected chi connectivity index (χ4v) is 1.38. The zero-order valence-electron chi connectivity index (χ0n) is 9.98. The highest BCUT2D eigenvalue weighted by atomic mass is 19.4. The van der Waals surface area contributed by atoms with E-state index < -0.39 is 12.8 Å². The number of ether oxygens (including phenoxy) is 1. The second kappa shape index (κ2) is 6.58. The predicted octanol–water partition coefficient (Wildman–Crippen LogP) is 3.52. The van der Waals surface area contributed by atoms with Crippen molar-refractivity contribution in [2.24, 2.45) is 0 Å². The predicted molar refractivity (Wildman–Crippen MR) is 61.1 cm³/mol. The first-order chi connectivity index (χ1) is 8.40. The number of rotatable bonds is 6. The van der Waals surface area contributed by atoms with E-state index in [-0.39, 0.29) is 12.4 Å². The Balaban J connectivity index is 2.20. The van der Waals surface area contributed by atoms with Crippen LogP contribution >= 0.6 is 0 Å². The first-order valence-electron chi connectivity index (χ1n) is 5.53. The van der Waals surface area contributed by atoms with E-state index in [4.69, 9.17) is 0 Å². The van der Waals surface area contributed by atoms with Crippen LogP contribution in [-0.2, 0) is 4.74 Å². The minimum atomic E-state index is -4.29. The van der Waals surface area contributed by atoms with Gasteiger partial charge in [0.2, 0.25) is 0 Å². The molecule has 0 aliphatic rings. The zero-order chi connectivity index (χ0) is 13.6. The summed E-state index contributed by atoms with van der Waals surface area (Å²) in [6.45, 7) is 0.854. The van der Waals surface area contributed by atoms with Crippen molar-refractivity contribution >= 4 is 5.69 Å². The Hall–Kier alpha value is -1.30. The molecule has 0 heterocycles. The van der Waals surface area contributed by atoms with Gasteiger partial charge in [-0.2, -0.15) is 13.2 Å². The van der Waals surface area contributed by atoms with Crippen molar-refractivity contribution in [1.29, 1.82) is 0 Å². The molecule has 0 atom stereocenters. The first kappa shape index (κ1) is 14.8. The number of halogens is 4. The second-order valence-electron chi connectivity index (χ2n) is 3.86. The number of anilines is 1. The summed E-state index contributed by atoms with van der Waals surface area (Å²) in [6.07, 6.45) is -3.86. The Morgan fingerprint density at radius 3 is 2.67 bits per heavy atom. The molecule has 0 radical (unpaired) electrons. The standard InChI is InChI=1S/C12H15F4NO/c1-9-10(13)4-2-5-11(9)17-6-3-7-18-8-12(14,15)16/h2,4-5,17H,3,6-8H2,1H3. The van der Waals surface area contributed by atoms with Crippen molar-refractivity contribution in [1.82, 2.24) is 0 Å². The highest BCUT2D eigenvalue weighted by Crippen LogP contribution is 2.17. The van der Waals surface area contributed by atoms with Gasteiger partial charge in [0.05, 0.1) is 0 Å². The summed E-state index contributed by atoms with van der Waals surface area (Å²) in [5.74, 6) is -0.312. The number of alkyl halides is 3. The molecule has 0 aromatic heterocycles. The van der Waals surface area contributed by atoms with Crippen LogP contribution in [0.2, 0.25) is 0 Å². The highest BCUT2D eigenvalue weighted by Gasteiger charge is 2.27. The third kappa shape index (κ3) is 5.35. The molecule has 0 aliphatic carbocycles. The maximum Gasteiger partial charge on any atom is 0.411 e. The van der Waals surface area contributed by atoms with Crippen LogP contribution in [0.5, 0.6) is 0 Å². The van der Waals surface area contributed by atoms with E-state index in [1.165, 1.54) is 6.07 Å². The minimum absolute atomic E-state index is 0.0148. The van der Waals surface area contributed by atoms with Crippen molar-refractivity contribution in [3.05, 3.63) is 29.6 Å². The topological polar surface area (TPSA) is 21.3 Å². The van der Waals surface area contributed by atoms with Gasteiger partial charge in [-0.25, -0.2) is 4.39 Å². The lowest BCUT2D eigenvalue weighted by Crippen LogP contribution is -2.18. The molecule has 0 spiro atoms. The molecule has 6 heteroatoms. The number of nitrogens with one attached hydrogen (secondary N) is 1. The van der Waals surface area contributed by atoms with E-state index in [0.717, 1.165) is 0 Å². The van der Waals surface area contributed by atoms with E-state index in [9.17, 15) is 17.6 Å². The molecular formula is C12H15F4NO. The van der Waals surface area contributed by atoms with Crippen LogP contribution in [-0.4, -0.2) is 25.9 Å². The summed E-state index contributed by atoms with van der Waals surface area (Å²) in [7, 11) is 0. The summed E-state index contributed by atoms with van der Waals surface area (Å²) in [4.78, 5) is 0. The van der Waals surface area contributed by atoms with Gasteiger partial charge in [-0.1, -0.05) is 6.07 Å². The lowest BCUT2D eigenvalue weighted by atomic mass is 10.2. The van der Waals surface area contributed by atoms with Crippen LogP contribution in [0.25, 0.3) is 0 Å². The summed E-state index contributed by atoms with van der Waals surface area (Å²) < 4.78 is 52.8. The Kier molecular flexibility index (Phi) is 5.40. The molecule has 102 valence electrons. The van der Waals surface area contributed by atoms with Gasteiger partial charge in [-0.05, 0) is 25.5 Å². The molecular weight excluding hydrogens is 250 g/mol. The summed E-state index contributed by atoms with van der Waals surface area (Å²) in [6, 6.07) is 4.65. The van der Waals surface area contributed by atoms with Crippen LogP contribution < -0.4 is 5.32 Å². The first-order valence-corrected chi connectivity index (χ1v) is 5.53. The van der Waals surface area contributed by atoms with E-state index >= 15 is 0 Å². The van der Waals surface area contributed by atoms with Gasteiger partial charge >= 0.3 is 6.18 Å². The molecule has 0 saturated heterocycles. The summed E-state index contributed by atoms with van der Waals surface area (Å²) in [5.41, 5.74) is 1.14. The van der Waals surface area contributed by atoms with E-state index in [1.54, 1.807) is 19.1 Å². The second-order valence-corrected chi connectivity index (χ2v) is 3.86. The smallest absolute Gasteiger partial charge is 0.385 e. The normalized spacial score (nSPS) is 11.6. The van der Waals surface area contributed by atoms with Crippen LogP contribution in [0, 0.1) is 12.7 Å². The molecule has 2 nitrogen and oxygen atoms in total. The Labute approximate surface area is 103 Å². The lowest BCUT2D eigenvalue weighted by molar-refractivity contribution is -0.173. The molecule has 1 aromatic carbocycles. The molecule has 0 amide bonds. The van der Waals surface area contributed by atoms with E-state index in [0.29, 0.717) is 24.2 Å². The minimum Gasteiger partial charge on any atom is -0.385 e. The Morgan fingerprint density at radius 1 is 1.28 bits per heavy atom. The van der Waals surface area contributed by atoms with E-state index in [1.807, 2.05) is 0 Å². The zero-order valence-corrected chi connectivity index (χ0v) is 9.98. The van der Waals surface area contributed by atoms with Crippen LogP contribution in [0.15, 0.2) is 18.2 Å². The molecule has 0 unspecified atom stereocenters. The van der Waals surface area contributed by atoms with Gasteiger partial charge in [0.25, 0.3) is 0 Å². The SMILES string of the molecule is Cc1c(F)cccc1NCCCOCC(F)(F)F.